The maximum Gasteiger partial charge on any atom is 0.251 e. The summed E-state index contributed by atoms with van der Waals surface area (Å²) in [5.74, 6) is 2.14. The summed E-state index contributed by atoms with van der Waals surface area (Å²) in [6, 6.07) is 19.6. The van der Waals surface area contributed by atoms with Crippen LogP contribution in [0, 0.1) is 6.92 Å². The standard InChI is InChI=1S/C22H25N5O/c1-3-23-20-15-21(27-16(2)26-20)24-13-14-25-22(28)19-11-9-18(10-12-19)17-7-5-4-6-8-17/h4-12,15H,3,13-14H2,1-2H3,(H,25,28)(H2,23,24,26,27). The monoisotopic (exact) mass is 375 g/mol. The average molecular weight is 375 g/mol. The van der Waals surface area contributed by atoms with Crippen LogP contribution in [0.3, 0.4) is 0 Å². The van der Waals surface area contributed by atoms with Crippen molar-refractivity contribution in [3.63, 3.8) is 0 Å². The molecule has 3 rings (SSSR count). The molecule has 144 valence electrons. The number of hydrogen-bond acceptors (Lipinski definition) is 5. The zero-order valence-corrected chi connectivity index (χ0v) is 16.2. The van der Waals surface area contributed by atoms with Crippen molar-refractivity contribution in [2.24, 2.45) is 0 Å². The molecule has 0 saturated carbocycles. The highest BCUT2D eigenvalue weighted by atomic mass is 16.1. The number of benzene rings is 2. The second-order valence-electron chi connectivity index (χ2n) is 6.34. The first-order valence-corrected chi connectivity index (χ1v) is 9.43. The molecule has 0 saturated heterocycles. The molecule has 0 fully saturated rings. The number of anilines is 2. The van der Waals surface area contributed by atoms with E-state index in [0.717, 1.165) is 29.3 Å². The van der Waals surface area contributed by atoms with Gasteiger partial charge in [0, 0.05) is 31.3 Å². The van der Waals surface area contributed by atoms with Gasteiger partial charge >= 0.3 is 0 Å². The van der Waals surface area contributed by atoms with E-state index in [1.165, 1.54) is 0 Å². The molecular weight excluding hydrogens is 350 g/mol. The molecule has 0 aliphatic rings. The molecule has 0 radical (unpaired) electrons. The van der Waals surface area contributed by atoms with Gasteiger partial charge in [-0.05, 0) is 37.1 Å². The molecule has 1 aromatic heterocycles. The quantitative estimate of drug-likeness (QED) is 0.523. The topological polar surface area (TPSA) is 78.9 Å². The van der Waals surface area contributed by atoms with Crippen molar-refractivity contribution in [3.8, 4) is 11.1 Å². The lowest BCUT2D eigenvalue weighted by atomic mass is 10.0. The van der Waals surface area contributed by atoms with Crippen molar-refractivity contribution in [2.45, 2.75) is 13.8 Å². The van der Waals surface area contributed by atoms with Crippen molar-refractivity contribution in [3.05, 3.63) is 72.1 Å². The lowest BCUT2D eigenvalue weighted by Crippen LogP contribution is -2.28. The second kappa shape index (κ2) is 9.50. The third kappa shape index (κ3) is 5.30. The molecule has 3 aromatic rings. The fraction of sp³-hybridized carbons (Fsp3) is 0.227. The van der Waals surface area contributed by atoms with Crippen molar-refractivity contribution in [1.29, 1.82) is 0 Å². The smallest absolute Gasteiger partial charge is 0.251 e. The largest absolute Gasteiger partial charge is 0.370 e. The predicted octanol–water partition coefficient (Wildman–Crippen LogP) is 3.73. The molecule has 28 heavy (non-hydrogen) atoms. The summed E-state index contributed by atoms with van der Waals surface area (Å²) in [5.41, 5.74) is 2.87. The van der Waals surface area contributed by atoms with Crippen LogP contribution < -0.4 is 16.0 Å². The highest BCUT2D eigenvalue weighted by Crippen LogP contribution is 2.19. The van der Waals surface area contributed by atoms with Gasteiger partial charge in [0.2, 0.25) is 0 Å². The second-order valence-corrected chi connectivity index (χ2v) is 6.34. The minimum absolute atomic E-state index is 0.0892. The van der Waals surface area contributed by atoms with Gasteiger partial charge < -0.3 is 16.0 Å². The highest BCUT2D eigenvalue weighted by molar-refractivity contribution is 5.94. The van der Waals surface area contributed by atoms with E-state index in [2.05, 4.69) is 38.1 Å². The summed E-state index contributed by atoms with van der Waals surface area (Å²) in [7, 11) is 0. The molecular formula is C22H25N5O. The highest BCUT2D eigenvalue weighted by Gasteiger charge is 2.06. The molecule has 6 nitrogen and oxygen atoms in total. The zero-order chi connectivity index (χ0) is 19.8. The Morgan fingerprint density at radius 1 is 0.857 bits per heavy atom. The average Bonchev–Trinajstić information content (AvgIpc) is 2.72. The number of carbonyl (C=O) groups is 1. The zero-order valence-electron chi connectivity index (χ0n) is 16.2. The van der Waals surface area contributed by atoms with Crippen LogP contribution in [-0.4, -0.2) is 35.5 Å². The number of rotatable bonds is 8. The minimum atomic E-state index is -0.0892. The lowest BCUT2D eigenvalue weighted by Gasteiger charge is -2.10. The van der Waals surface area contributed by atoms with Gasteiger partial charge in [-0.1, -0.05) is 42.5 Å². The van der Waals surface area contributed by atoms with E-state index in [9.17, 15) is 4.79 Å². The Bertz CT molecular complexity index is 910. The first kappa shape index (κ1) is 19.4. The molecule has 0 spiro atoms. The predicted molar refractivity (Wildman–Crippen MR) is 114 cm³/mol. The first-order chi connectivity index (χ1) is 13.7. The molecule has 2 aromatic carbocycles. The molecule has 1 heterocycles. The van der Waals surface area contributed by atoms with Gasteiger partial charge in [0.25, 0.3) is 5.91 Å². The number of nitrogens with zero attached hydrogens (tertiary/aromatic N) is 2. The summed E-state index contributed by atoms with van der Waals surface area (Å²) in [5, 5.41) is 9.31. The van der Waals surface area contributed by atoms with Gasteiger partial charge in [-0.25, -0.2) is 9.97 Å². The molecule has 3 N–H and O–H groups in total. The van der Waals surface area contributed by atoms with Crippen LogP contribution in [0.2, 0.25) is 0 Å². The summed E-state index contributed by atoms with van der Waals surface area (Å²) in [6.07, 6.45) is 0. The normalized spacial score (nSPS) is 10.4. The minimum Gasteiger partial charge on any atom is -0.370 e. The van der Waals surface area contributed by atoms with E-state index in [1.807, 2.05) is 62.4 Å². The van der Waals surface area contributed by atoms with E-state index in [-0.39, 0.29) is 5.91 Å². The van der Waals surface area contributed by atoms with E-state index in [4.69, 9.17) is 0 Å². The van der Waals surface area contributed by atoms with Crippen molar-refractivity contribution < 1.29 is 4.79 Å². The van der Waals surface area contributed by atoms with Crippen LogP contribution in [0.15, 0.2) is 60.7 Å². The molecule has 1 amide bonds. The van der Waals surface area contributed by atoms with Gasteiger partial charge in [0.15, 0.2) is 0 Å². The Hall–Kier alpha value is -3.41. The van der Waals surface area contributed by atoms with Crippen molar-refractivity contribution >= 4 is 17.5 Å². The van der Waals surface area contributed by atoms with E-state index >= 15 is 0 Å². The van der Waals surface area contributed by atoms with E-state index < -0.39 is 0 Å². The van der Waals surface area contributed by atoms with Crippen LogP contribution in [0.1, 0.15) is 23.1 Å². The van der Waals surface area contributed by atoms with Crippen LogP contribution in [0.4, 0.5) is 11.6 Å². The molecule has 0 aliphatic carbocycles. The van der Waals surface area contributed by atoms with Gasteiger partial charge in [-0.15, -0.1) is 0 Å². The Morgan fingerprint density at radius 3 is 2.18 bits per heavy atom. The summed E-state index contributed by atoms with van der Waals surface area (Å²) >= 11 is 0. The Balaban J connectivity index is 1.49. The van der Waals surface area contributed by atoms with E-state index in [1.54, 1.807) is 0 Å². The van der Waals surface area contributed by atoms with Crippen molar-refractivity contribution in [2.75, 3.05) is 30.3 Å². The first-order valence-electron chi connectivity index (χ1n) is 9.43. The Labute approximate surface area is 165 Å². The molecule has 0 bridgehead atoms. The van der Waals surface area contributed by atoms with Crippen LogP contribution in [0.25, 0.3) is 11.1 Å². The summed E-state index contributed by atoms with van der Waals surface area (Å²) < 4.78 is 0. The van der Waals surface area contributed by atoms with E-state index in [0.29, 0.717) is 24.5 Å². The van der Waals surface area contributed by atoms with Crippen LogP contribution in [0.5, 0.6) is 0 Å². The van der Waals surface area contributed by atoms with Gasteiger partial charge in [0.05, 0.1) is 0 Å². The Kier molecular flexibility index (Phi) is 6.57. The summed E-state index contributed by atoms with van der Waals surface area (Å²) in [4.78, 5) is 21.0. The number of nitrogens with one attached hydrogen (secondary N) is 3. The van der Waals surface area contributed by atoms with Gasteiger partial charge in [-0.2, -0.15) is 0 Å². The van der Waals surface area contributed by atoms with Crippen molar-refractivity contribution in [1.82, 2.24) is 15.3 Å². The third-order valence-electron chi connectivity index (χ3n) is 4.17. The fourth-order valence-electron chi connectivity index (χ4n) is 2.84. The molecule has 6 heteroatoms. The fourth-order valence-corrected chi connectivity index (χ4v) is 2.84. The number of carbonyl (C=O) groups excluding carboxylic acids is 1. The van der Waals surface area contributed by atoms with Gasteiger partial charge in [0.1, 0.15) is 17.5 Å². The molecule has 0 aliphatic heterocycles. The molecule has 0 unspecified atom stereocenters. The Morgan fingerprint density at radius 2 is 1.50 bits per heavy atom. The van der Waals surface area contributed by atoms with Crippen LogP contribution in [-0.2, 0) is 0 Å². The number of aromatic nitrogens is 2. The van der Waals surface area contributed by atoms with Crippen LogP contribution >= 0.6 is 0 Å². The number of aryl methyl sites for hydroxylation is 1. The SMILES string of the molecule is CCNc1cc(NCCNC(=O)c2ccc(-c3ccccc3)cc2)nc(C)n1. The lowest BCUT2D eigenvalue weighted by molar-refractivity contribution is 0.0955. The number of amides is 1. The summed E-state index contributed by atoms with van der Waals surface area (Å²) in [6.45, 7) is 5.75. The maximum atomic E-state index is 12.3. The number of hydrogen-bond donors (Lipinski definition) is 3. The maximum absolute atomic E-state index is 12.3. The van der Waals surface area contributed by atoms with Gasteiger partial charge in [-0.3, -0.25) is 4.79 Å². The third-order valence-corrected chi connectivity index (χ3v) is 4.17. The molecule has 0 atom stereocenters.